The van der Waals surface area contributed by atoms with Crippen LogP contribution in [0.2, 0.25) is 0 Å². The fourth-order valence-electron chi connectivity index (χ4n) is 0.450. The molecule has 0 fully saturated rings. The highest BCUT2D eigenvalue weighted by atomic mass is 17.2. The average Bonchev–Trinajstić information content (AvgIpc) is 1.99. The molecule has 0 heterocycles. The van der Waals surface area contributed by atoms with Gasteiger partial charge in [0.25, 0.3) is 0 Å². The first-order valence-electron chi connectivity index (χ1n) is 4.25. The zero-order valence-corrected chi connectivity index (χ0v) is 8.93. The molecule has 3 nitrogen and oxygen atoms in total. The molecule has 1 atom stereocenters. The molecule has 0 rings (SSSR count). The van der Waals surface area contributed by atoms with Crippen molar-refractivity contribution in [3.05, 3.63) is 0 Å². The normalized spacial score (nSPS) is 17.5. The van der Waals surface area contributed by atoms with E-state index in [2.05, 4.69) is 0 Å². The van der Waals surface area contributed by atoms with Crippen molar-refractivity contribution in [1.82, 2.24) is 0 Å². The zero-order chi connectivity index (χ0) is 9.83. The van der Waals surface area contributed by atoms with Crippen molar-refractivity contribution in [2.24, 2.45) is 0 Å². The van der Waals surface area contributed by atoms with Crippen LogP contribution in [0.5, 0.6) is 0 Å². The standard InChI is InChI=1S/C9H20O3/c1-7-9(5,10-6)12-11-8(2,3)4/h7H2,1-6H3. The van der Waals surface area contributed by atoms with E-state index in [9.17, 15) is 0 Å². The Labute approximate surface area is 74.9 Å². The second-order valence-electron chi connectivity index (χ2n) is 3.97. The monoisotopic (exact) mass is 176 g/mol. The molecule has 0 aromatic rings. The molecule has 0 N–H and O–H groups in total. The average molecular weight is 176 g/mol. The molecule has 0 aliphatic heterocycles. The van der Waals surface area contributed by atoms with Crippen LogP contribution in [-0.2, 0) is 14.5 Å². The van der Waals surface area contributed by atoms with Gasteiger partial charge in [0.1, 0.15) is 0 Å². The first kappa shape index (κ1) is 11.9. The highest BCUT2D eigenvalue weighted by Gasteiger charge is 2.26. The lowest BCUT2D eigenvalue weighted by molar-refractivity contribution is -0.451. The minimum atomic E-state index is -0.632. The van der Waals surface area contributed by atoms with Gasteiger partial charge in [-0.2, -0.15) is 0 Å². The van der Waals surface area contributed by atoms with E-state index in [1.165, 1.54) is 0 Å². The molecule has 12 heavy (non-hydrogen) atoms. The van der Waals surface area contributed by atoms with Gasteiger partial charge < -0.3 is 4.74 Å². The predicted molar refractivity (Wildman–Crippen MR) is 47.6 cm³/mol. The topological polar surface area (TPSA) is 27.7 Å². The third kappa shape index (κ3) is 4.70. The number of hydrogen-bond acceptors (Lipinski definition) is 3. The Balaban J connectivity index is 3.89. The summed E-state index contributed by atoms with van der Waals surface area (Å²) in [6, 6.07) is 0. The largest absolute Gasteiger partial charge is 0.351 e. The Hall–Kier alpha value is -0.120. The van der Waals surface area contributed by atoms with E-state index in [4.69, 9.17) is 14.5 Å². The number of methoxy groups -OCH3 is 1. The summed E-state index contributed by atoms with van der Waals surface area (Å²) in [7, 11) is 1.61. The Morgan fingerprint density at radius 1 is 1.00 bits per heavy atom. The highest BCUT2D eigenvalue weighted by Crippen LogP contribution is 2.19. The predicted octanol–water partition coefficient (Wildman–Crippen LogP) is 2.51. The van der Waals surface area contributed by atoms with Crippen molar-refractivity contribution in [3.63, 3.8) is 0 Å². The van der Waals surface area contributed by atoms with E-state index >= 15 is 0 Å². The van der Waals surface area contributed by atoms with Gasteiger partial charge in [-0.3, -0.25) is 0 Å². The molecule has 74 valence electrons. The lowest BCUT2D eigenvalue weighted by atomic mass is 10.2. The second-order valence-corrected chi connectivity index (χ2v) is 3.97. The molecule has 0 aliphatic carbocycles. The van der Waals surface area contributed by atoms with E-state index in [0.29, 0.717) is 0 Å². The zero-order valence-electron chi connectivity index (χ0n) is 8.93. The van der Waals surface area contributed by atoms with Gasteiger partial charge in [-0.25, -0.2) is 9.78 Å². The lowest BCUT2D eigenvalue weighted by Crippen LogP contribution is -2.34. The van der Waals surface area contributed by atoms with Crippen LogP contribution in [0.4, 0.5) is 0 Å². The first-order chi connectivity index (χ1) is 5.33. The molecular formula is C9H20O3. The van der Waals surface area contributed by atoms with Crippen LogP contribution >= 0.6 is 0 Å². The molecule has 0 bridgehead atoms. The van der Waals surface area contributed by atoms with Gasteiger partial charge in [0.05, 0.1) is 5.60 Å². The Morgan fingerprint density at radius 3 is 1.75 bits per heavy atom. The van der Waals surface area contributed by atoms with Crippen LogP contribution in [0.15, 0.2) is 0 Å². The fraction of sp³-hybridized carbons (Fsp3) is 1.00. The van der Waals surface area contributed by atoms with Crippen molar-refractivity contribution in [2.75, 3.05) is 7.11 Å². The summed E-state index contributed by atoms with van der Waals surface area (Å²) in [6.07, 6.45) is 0.750. The number of rotatable bonds is 4. The number of hydrogen-bond donors (Lipinski definition) is 0. The smallest absolute Gasteiger partial charge is 0.198 e. The molecule has 3 heteroatoms. The van der Waals surface area contributed by atoms with Crippen LogP contribution in [0.25, 0.3) is 0 Å². The fourth-order valence-corrected chi connectivity index (χ4v) is 0.450. The molecule has 0 spiro atoms. The number of ether oxygens (including phenoxy) is 1. The molecule has 0 aromatic carbocycles. The summed E-state index contributed by atoms with van der Waals surface area (Å²) >= 11 is 0. The van der Waals surface area contributed by atoms with E-state index < -0.39 is 5.79 Å². The van der Waals surface area contributed by atoms with Crippen LogP contribution in [-0.4, -0.2) is 18.5 Å². The maximum Gasteiger partial charge on any atom is 0.198 e. The maximum absolute atomic E-state index is 5.17. The van der Waals surface area contributed by atoms with E-state index in [0.717, 1.165) is 6.42 Å². The van der Waals surface area contributed by atoms with Crippen molar-refractivity contribution in [2.45, 2.75) is 52.4 Å². The van der Waals surface area contributed by atoms with Gasteiger partial charge in [0.15, 0.2) is 5.79 Å². The summed E-state index contributed by atoms with van der Waals surface area (Å²) < 4.78 is 5.14. The maximum atomic E-state index is 5.17. The summed E-state index contributed by atoms with van der Waals surface area (Å²) in [5, 5.41) is 0. The first-order valence-corrected chi connectivity index (χ1v) is 4.25. The second kappa shape index (κ2) is 4.21. The molecular weight excluding hydrogens is 156 g/mol. The minimum absolute atomic E-state index is 0.297. The van der Waals surface area contributed by atoms with Crippen molar-refractivity contribution in [3.8, 4) is 0 Å². The third-order valence-electron chi connectivity index (χ3n) is 1.54. The molecule has 0 radical (unpaired) electrons. The quantitative estimate of drug-likeness (QED) is 0.374. The molecule has 0 saturated heterocycles. The lowest BCUT2D eigenvalue weighted by Gasteiger charge is -2.29. The van der Waals surface area contributed by atoms with Crippen molar-refractivity contribution in [1.29, 1.82) is 0 Å². The Morgan fingerprint density at radius 2 is 1.50 bits per heavy atom. The molecule has 0 saturated carbocycles. The SMILES string of the molecule is CCC(C)(OC)OOC(C)(C)C. The highest BCUT2D eigenvalue weighted by molar-refractivity contribution is 4.59. The summed E-state index contributed by atoms with van der Waals surface area (Å²) in [6.45, 7) is 9.62. The van der Waals surface area contributed by atoms with Crippen LogP contribution in [0.3, 0.4) is 0 Å². The van der Waals surface area contributed by atoms with Gasteiger partial charge in [-0.05, 0) is 27.7 Å². The summed E-state index contributed by atoms with van der Waals surface area (Å²) in [5.41, 5.74) is -0.297. The molecule has 0 amide bonds. The van der Waals surface area contributed by atoms with Gasteiger partial charge in [0.2, 0.25) is 0 Å². The van der Waals surface area contributed by atoms with Crippen LogP contribution in [0, 0.1) is 0 Å². The van der Waals surface area contributed by atoms with Crippen LogP contribution in [0.1, 0.15) is 41.0 Å². The van der Waals surface area contributed by atoms with Gasteiger partial charge in [-0.1, -0.05) is 6.92 Å². The Bertz CT molecular complexity index is 122. The van der Waals surface area contributed by atoms with Gasteiger partial charge >= 0.3 is 0 Å². The minimum Gasteiger partial charge on any atom is -0.351 e. The molecule has 0 aromatic heterocycles. The van der Waals surface area contributed by atoms with Crippen LogP contribution < -0.4 is 0 Å². The van der Waals surface area contributed by atoms with E-state index in [-0.39, 0.29) is 5.60 Å². The van der Waals surface area contributed by atoms with E-state index in [1.807, 2.05) is 34.6 Å². The van der Waals surface area contributed by atoms with E-state index in [1.54, 1.807) is 7.11 Å². The summed E-state index contributed by atoms with van der Waals surface area (Å²) in [5.74, 6) is -0.632. The van der Waals surface area contributed by atoms with Crippen molar-refractivity contribution >= 4 is 0 Å². The van der Waals surface area contributed by atoms with Crippen molar-refractivity contribution < 1.29 is 14.5 Å². The van der Waals surface area contributed by atoms with Gasteiger partial charge in [0, 0.05) is 13.5 Å². The molecule has 0 aliphatic rings. The summed E-state index contributed by atoms with van der Waals surface area (Å²) in [4.78, 5) is 10.3. The molecule has 1 unspecified atom stereocenters. The van der Waals surface area contributed by atoms with Gasteiger partial charge in [-0.15, -0.1) is 0 Å². The Kier molecular flexibility index (Phi) is 4.17. The third-order valence-corrected chi connectivity index (χ3v) is 1.54.